The van der Waals surface area contributed by atoms with Crippen LogP contribution in [-0.4, -0.2) is 19.0 Å². The lowest BCUT2D eigenvalue weighted by atomic mass is 9.78. The summed E-state index contributed by atoms with van der Waals surface area (Å²) in [5.41, 5.74) is 0.351. The second-order valence-electron chi connectivity index (χ2n) is 7.12. The molecule has 19 heavy (non-hydrogen) atoms. The monoisotopic (exact) mass is 264 g/mol. The Morgan fingerprint density at radius 1 is 1.21 bits per heavy atom. The van der Waals surface area contributed by atoms with Crippen LogP contribution in [0.15, 0.2) is 12.2 Å². The molecule has 2 fully saturated rings. The summed E-state index contributed by atoms with van der Waals surface area (Å²) in [6, 6.07) is 0. The number of hydrogen-bond donors (Lipinski definition) is 0. The van der Waals surface area contributed by atoms with Crippen molar-refractivity contribution in [3.8, 4) is 0 Å². The molecule has 2 heteroatoms. The van der Waals surface area contributed by atoms with Gasteiger partial charge < -0.3 is 9.47 Å². The minimum absolute atomic E-state index is 0.0389. The molecule has 0 N–H and O–H groups in total. The first-order chi connectivity index (χ1) is 9.16. The van der Waals surface area contributed by atoms with Crippen molar-refractivity contribution in [2.45, 2.75) is 71.2 Å². The first-order valence-electron chi connectivity index (χ1n) is 8.11. The maximum Gasteiger partial charge on any atom is 0.155 e. The minimum atomic E-state index is -0.0389. The van der Waals surface area contributed by atoms with Crippen molar-refractivity contribution in [2.75, 3.05) is 6.61 Å². The SMILES string of the molecule is CC(OCC1(C)CC2C=CC1C2)OC1CCCCC1. The summed E-state index contributed by atoms with van der Waals surface area (Å²) < 4.78 is 12.1. The molecule has 3 rings (SSSR count). The Morgan fingerprint density at radius 2 is 2.00 bits per heavy atom. The molecule has 3 aliphatic rings. The Hall–Kier alpha value is -0.340. The lowest BCUT2D eigenvalue weighted by molar-refractivity contribution is -0.181. The van der Waals surface area contributed by atoms with E-state index < -0.39 is 0 Å². The van der Waals surface area contributed by atoms with E-state index >= 15 is 0 Å². The molecule has 0 aromatic rings. The van der Waals surface area contributed by atoms with E-state index in [4.69, 9.17) is 9.47 Å². The van der Waals surface area contributed by atoms with Crippen LogP contribution in [0.1, 0.15) is 58.8 Å². The van der Waals surface area contributed by atoms with Crippen LogP contribution < -0.4 is 0 Å². The molecular formula is C17H28O2. The highest BCUT2D eigenvalue weighted by Gasteiger charge is 2.45. The van der Waals surface area contributed by atoms with Crippen molar-refractivity contribution in [3.63, 3.8) is 0 Å². The van der Waals surface area contributed by atoms with Crippen molar-refractivity contribution in [3.05, 3.63) is 12.2 Å². The van der Waals surface area contributed by atoms with Gasteiger partial charge in [0.15, 0.2) is 6.29 Å². The molecule has 0 aromatic heterocycles. The second-order valence-corrected chi connectivity index (χ2v) is 7.12. The van der Waals surface area contributed by atoms with E-state index in [0.29, 0.717) is 11.5 Å². The van der Waals surface area contributed by atoms with Crippen LogP contribution >= 0.6 is 0 Å². The highest BCUT2D eigenvalue weighted by Crippen LogP contribution is 2.52. The summed E-state index contributed by atoms with van der Waals surface area (Å²) in [4.78, 5) is 0. The Balaban J connectivity index is 1.43. The quantitative estimate of drug-likeness (QED) is 0.544. The van der Waals surface area contributed by atoms with Gasteiger partial charge in [0.25, 0.3) is 0 Å². The largest absolute Gasteiger partial charge is 0.352 e. The van der Waals surface area contributed by atoms with Crippen molar-refractivity contribution < 1.29 is 9.47 Å². The molecule has 108 valence electrons. The van der Waals surface area contributed by atoms with E-state index in [-0.39, 0.29) is 6.29 Å². The minimum Gasteiger partial charge on any atom is -0.352 e. The van der Waals surface area contributed by atoms with Crippen LogP contribution in [0.3, 0.4) is 0 Å². The number of allylic oxidation sites excluding steroid dienone is 2. The van der Waals surface area contributed by atoms with E-state index in [0.717, 1.165) is 18.4 Å². The van der Waals surface area contributed by atoms with Gasteiger partial charge in [-0.05, 0) is 49.9 Å². The van der Waals surface area contributed by atoms with Gasteiger partial charge in [-0.15, -0.1) is 0 Å². The summed E-state index contributed by atoms with van der Waals surface area (Å²) in [5, 5.41) is 0. The van der Waals surface area contributed by atoms with Gasteiger partial charge >= 0.3 is 0 Å². The van der Waals surface area contributed by atoms with Crippen LogP contribution in [-0.2, 0) is 9.47 Å². The van der Waals surface area contributed by atoms with E-state index in [2.05, 4.69) is 26.0 Å². The van der Waals surface area contributed by atoms with Crippen molar-refractivity contribution in [1.29, 1.82) is 0 Å². The standard InChI is InChI=1S/C17H28O2/c1-13(19-16-6-4-3-5-7-16)18-12-17(2)11-14-8-9-15(17)10-14/h8-9,13-16H,3-7,10-12H2,1-2H3. The van der Waals surface area contributed by atoms with Gasteiger partial charge in [0.2, 0.25) is 0 Å². The maximum atomic E-state index is 6.04. The maximum absolute atomic E-state index is 6.04. The van der Waals surface area contributed by atoms with E-state index in [1.807, 2.05) is 0 Å². The fourth-order valence-corrected chi connectivity index (χ4v) is 4.18. The number of hydrogen-bond acceptors (Lipinski definition) is 2. The van der Waals surface area contributed by atoms with Crippen molar-refractivity contribution in [2.24, 2.45) is 17.3 Å². The predicted molar refractivity (Wildman–Crippen MR) is 76.8 cm³/mol. The third-order valence-electron chi connectivity index (χ3n) is 5.38. The molecule has 0 aromatic carbocycles. The van der Waals surface area contributed by atoms with Gasteiger partial charge in [-0.25, -0.2) is 0 Å². The molecule has 2 nitrogen and oxygen atoms in total. The number of rotatable bonds is 5. The topological polar surface area (TPSA) is 18.5 Å². The second kappa shape index (κ2) is 5.57. The molecule has 4 atom stereocenters. The van der Waals surface area contributed by atoms with E-state index in [1.165, 1.54) is 44.9 Å². The van der Waals surface area contributed by atoms with Crippen LogP contribution in [0.4, 0.5) is 0 Å². The van der Waals surface area contributed by atoms with Gasteiger partial charge in [0.1, 0.15) is 0 Å². The lowest BCUT2D eigenvalue weighted by Gasteiger charge is -2.33. The van der Waals surface area contributed by atoms with Crippen LogP contribution in [0.5, 0.6) is 0 Å². The average Bonchev–Trinajstić information content (AvgIpc) is 2.98. The van der Waals surface area contributed by atoms with Crippen molar-refractivity contribution in [1.82, 2.24) is 0 Å². The molecule has 0 spiro atoms. The Labute approximate surface area is 117 Å². The highest BCUT2D eigenvalue weighted by molar-refractivity contribution is 5.14. The van der Waals surface area contributed by atoms with Crippen LogP contribution in [0, 0.1) is 17.3 Å². The number of ether oxygens (including phenoxy) is 2. The summed E-state index contributed by atoms with van der Waals surface area (Å²) in [7, 11) is 0. The zero-order valence-electron chi connectivity index (χ0n) is 12.4. The fraction of sp³-hybridized carbons (Fsp3) is 0.882. The smallest absolute Gasteiger partial charge is 0.155 e. The summed E-state index contributed by atoms with van der Waals surface area (Å²) in [6.07, 6.45) is 14.3. The van der Waals surface area contributed by atoms with Gasteiger partial charge in [-0.2, -0.15) is 0 Å². The van der Waals surface area contributed by atoms with Gasteiger partial charge in [-0.3, -0.25) is 0 Å². The summed E-state index contributed by atoms with van der Waals surface area (Å²) in [6.45, 7) is 5.31. The van der Waals surface area contributed by atoms with E-state index in [9.17, 15) is 0 Å². The van der Waals surface area contributed by atoms with E-state index in [1.54, 1.807) is 0 Å². The Morgan fingerprint density at radius 3 is 2.63 bits per heavy atom. The summed E-state index contributed by atoms with van der Waals surface area (Å²) >= 11 is 0. The Bertz CT molecular complexity index is 332. The molecule has 0 radical (unpaired) electrons. The molecule has 2 saturated carbocycles. The third kappa shape index (κ3) is 3.05. The molecular weight excluding hydrogens is 236 g/mol. The van der Waals surface area contributed by atoms with Gasteiger partial charge in [-0.1, -0.05) is 38.3 Å². The highest BCUT2D eigenvalue weighted by atomic mass is 16.7. The number of fused-ring (bicyclic) bond motifs is 2. The van der Waals surface area contributed by atoms with Crippen LogP contribution in [0.25, 0.3) is 0 Å². The normalized spacial score (nSPS) is 39.9. The third-order valence-corrected chi connectivity index (χ3v) is 5.38. The Kier molecular flexibility index (Phi) is 4.00. The molecule has 0 amide bonds. The zero-order valence-corrected chi connectivity index (χ0v) is 12.4. The van der Waals surface area contributed by atoms with Gasteiger partial charge in [0.05, 0.1) is 12.7 Å². The fourth-order valence-electron chi connectivity index (χ4n) is 4.18. The summed E-state index contributed by atoms with van der Waals surface area (Å²) in [5.74, 6) is 1.55. The molecule has 0 saturated heterocycles. The van der Waals surface area contributed by atoms with Crippen LogP contribution in [0.2, 0.25) is 0 Å². The molecule has 2 bridgehead atoms. The van der Waals surface area contributed by atoms with Gasteiger partial charge in [0, 0.05) is 0 Å². The molecule has 4 unspecified atom stereocenters. The average molecular weight is 264 g/mol. The lowest BCUT2D eigenvalue weighted by Crippen LogP contribution is -2.32. The molecule has 3 aliphatic carbocycles. The zero-order chi connectivity index (χ0) is 13.3. The molecule has 0 heterocycles. The molecule has 0 aliphatic heterocycles. The predicted octanol–water partition coefficient (Wildman–Crippen LogP) is 4.30. The first kappa shape index (κ1) is 13.6. The first-order valence-corrected chi connectivity index (χ1v) is 8.11. The van der Waals surface area contributed by atoms with Crippen molar-refractivity contribution >= 4 is 0 Å².